The molecule has 0 bridgehead atoms. The van der Waals surface area contributed by atoms with Gasteiger partial charge < -0.3 is 9.80 Å². The lowest BCUT2D eigenvalue weighted by atomic mass is 10.4. The SMILES string of the molecule is CN=C(N(C)C)N(C)c1ccncc1. The minimum Gasteiger partial charge on any atom is -0.349 e. The molecule has 0 aliphatic carbocycles. The first kappa shape index (κ1) is 10.5. The van der Waals surface area contributed by atoms with E-state index in [4.69, 9.17) is 0 Å². The Bertz CT molecular complexity index is 305. The molecule has 1 rings (SSSR count). The zero-order valence-corrected chi connectivity index (χ0v) is 9.10. The zero-order chi connectivity index (χ0) is 10.6. The van der Waals surface area contributed by atoms with Crippen molar-refractivity contribution in [1.82, 2.24) is 9.88 Å². The fourth-order valence-electron chi connectivity index (χ4n) is 1.33. The van der Waals surface area contributed by atoms with E-state index in [0.717, 1.165) is 11.6 Å². The quantitative estimate of drug-likeness (QED) is 0.492. The van der Waals surface area contributed by atoms with Crippen LogP contribution >= 0.6 is 0 Å². The summed E-state index contributed by atoms with van der Waals surface area (Å²) in [5.74, 6) is 0.913. The monoisotopic (exact) mass is 192 g/mol. The smallest absolute Gasteiger partial charge is 0.200 e. The van der Waals surface area contributed by atoms with Crippen LogP contribution in [0.4, 0.5) is 5.69 Å². The number of hydrogen-bond acceptors (Lipinski definition) is 2. The molecule has 0 aliphatic rings. The van der Waals surface area contributed by atoms with E-state index in [9.17, 15) is 0 Å². The standard InChI is InChI=1S/C10H16N4/c1-11-10(13(2)3)14(4)9-5-7-12-8-6-9/h5-8H,1-4H3. The summed E-state index contributed by atoms with van der Waals surface area (Å²) in [7, 11) is 7.71. The van der Waals surface area contributed by atoms with Gasteiger partial charge in [-0.3, -0.25) is 9.98 Å². The van der Waals surface area contributed by atoms with Crippen molar-refractivity contribution in [2.24, 2.45) is 4.99 Å². The molecule has 0 N–H and O–H groups in total. The largest absolute Gasteiger partial charge is 0.349 e. The number of aromatic nitrogens is 1. The molecule has 0 atom stereocenters. The molecule has 0 spiro atoms. The number of anilines is 1. The van der Waals surface area contributed by atoms with Gasteiger partial charge >= 0.3 is 0 Å². The van der Waals surface area contributed by atoms with Gasteiger partial charge in [-0.15, -0.1) is 0 Å². The third-order valence-corrected chi connectivity index (χ3v) is 1.95. The maximum absolute atomic E-state index is 4.21. The molecule has 4 nitrogen and oxygen atoms in total. The maximum atomic E-state index is 4.21. The van der Waals surface area contributed by atoms with Crippen molar-refractivity contribution in [3.63, 3.8) is 0 Å². The first-order valence-corrected chi connectivity index (χ1v) is 4.44. The molecule has 0 aliphatic heterocycles. The summed E-state index contributed by atoms with van der Waals surface area (Å²) in [6.45, 7) is 0. The van der Waals surface area contributed by atoms with E-state index in [0.29, 0.717) is 0 Å². The average molecular weight is 192 g/mol. The van der Waals surface area contributed by atoms with Gasteiger partial charge in [0.1, 0.15) is 0 Å². The normalized spacial score (nSPS) is 11.3. The Morgan fingerprint density at radius 2 is 1.79 bits per heavy atom. The molecule has 0 aromatic carbocycles. The molecule has 4 heteroatoms. The molecule has 0 saturated heterocycles. The molecule has 0 radical (unpaired) electrons. The Kier molecular flexibility index (Phi) is 3.45. The summed E-state index contributed by atoms with van der Waals surface area (Å²) < 4.78 is 0. The summed E-state index contributed by atoms with van der Waals surface area (Å²) in [4.78, 5) is 12.2. The van der Waals surface area contributed by atoms with Gasteiger partial charge in [0.15, 0.2) is 5.96 Å². The molecule has 1 aromatic rings. The van der Waals surface area contributed by atoms with Gasteiger partial charge in [0.05, 0.1) is 0 Å². The minimum absolute atomic E-state index is 0.913. The molecule has 1 heterocycles. The second-order valence-corrected chi connectivity index (χ2v) is 3.18. The fraction of sp³-hybridized carbons (Fsp3) is 0.400. The third kappa shape index (κ3) is 2.22. The number of nitrogens with zero attached hydrogens (tertiary/aromatic N) is 4. The second kappa shape index (κ2) is 4.60. The van der Waals surface area contributed by atoms with Gasteiger partial charge in [-0.05, 0) is 12.1 Å². The van der Waals surface area contributed by atoms with E-state index in [1.54, 1.807) is 19.4 Å². The number of pyridine rings is 1. The van der Waals surface area contributed by atoms with Crippen LogP contribution < -0.4 is 4.90 Å². The molecule has 0 amide bonds. The summed E-state index contributed by atoms with van der Waals surface area (Å²) >= 11 is 0. The Labute approximate surface area is 84.9 Å². The van der Waals surface area contributed by atoms with Crippen LogP contribution in [-0.4, -0.2) is 44.0 Å². The lowest BCUT2D eigenvalue weighted by Gasteiger charge is -2.25. The Balaban J connectivity index is 2.90. The topological polar surface area (TPSA) is 31.7 Å². The first-order valence-electron chi connectivity index (χ1n) is 4.44. The molecule has 0 saturated carbocycles. The lowest BCUT2D eigenvalue weighted by Crippen LogP contribution is -2.37. The highest BCUT2D eigenvalue weighted by molar-refractivity contribution is 5.95. The van der Waals surface area contributed by atoms with Crippen LogP contribution in [-0.2, 0) is 0 Å². The molecular weight excluding hydrogens is 176 g/mol. The van der Waals surface area contributed by atoms with E-state index >= 15 is 0 Å². The highest BCUT2D eigenvalue weighted by atomic mass is 15.3. The van der Waals surface area contributed by atoms with Crippen molar-refractivity contribution in [3.05, 3.63) is 24.5 Å². The Morgan fingerprint density at radius 3 is 2.21 bits per heavy atom. The van der Waals surface area contributed by atoms with E-state index in [1.165, 1.54) is 0 Å². The number of hydrogen-bond donors (Lipinski definition) is 0. The first-order chi connectivity index (χ1) is 6.66. The van der Waals surface area contributed by atoms with Crippen molar-refractivity contribution < 1.29 is 0 Å². The highest BCUT2D eigenvalue weighted by Gasteiger charge is 2.08. The van der Waals surface area contributed by atoms with Crippen molar-refractivity contribution in [2.45, 2.75) is 0 Å². The van der Waals surface area contributed by atoms with E-state index < -0.39 is 0 Å². The van der Waals surface area contributed by atoms with Crippen molar-refractivity contribution in [2.75, 3.05) is 33.1 Å². The predicted molar refractivity (Wildman–Crippen MR) is 59.7 cm³/mol. The van der Waals surface area contributed by atoms with Crippen LogP contribution in [0.25, 0.3) is 0 Å². The summed E-state index contributed by atoms with van der Waals surface area (Å²) in [5.41, 5.74) is 1.08. The fourth-order valence-corrected chi connectivity index (χ4v) is 1.33. The van der Waals surface area contributed by atoms with E-state index in [1.807, 2.05) is 43.1 Å². The van der Waals surface area contributed by atoms with Gasteiger partial charge in [-0.25, -0.2) is 0 Å². The zero-order valence-electron chi connectivity index (χ0n) is 9.10. The summed E-state index contributed by atoms with van der Waals surface area (Å²) in [6.07, 6.45) is 3.55. The van der Waals surface area contributed by atoms with Gasteiger partial charge in [0.2, 0.25) is 0 Å². The lowest BCUT2D eigenvalue weighted by molar-refractivity contribution is 0.607. The highest BCUT2D eigenvalue weighted by Crippen LogP contribution is 2.10. The number of guanidine groups is 1. The summed E-state index contributed by atoms with van der Waals surface area (Å²) in [5, 5.41) is 0. The molecule has 0 fully saturated rings. The molecule has 14 heavy (non-hydrogen) atoms. The number of aliphatic imine (C=N–C) groups is 1. The summed E-state index contributed by atoms with van der Waals surface area (Å²) in [6, 6.07) is 3.91. The average Bonchev–Trinajstić information content (AvgIpc) is 2.19. The predicted octanol–water partition coefficient (Wildman–Crippen LogP) is 1.07. The van der Waals surface area contributed by atoms with Gasteiger partial charge in [-0.1, -0.05) is 0 Å². The van der Waals surface area contributed by atoms with Gasteiger partial charge in [0.25, 0.3) is 0 Å². The molecular formula is C10H16N4. The second-order valence-electron chi connectivity index (χ2n) is 3.18. The Morgan fingerprint density at radius 1 is 1.21 bits per heavy atom. The van der Waals surface area contributed by atoms with Crippen molar-refractivity contribution in [1.29, 1.82) is 0 Å². The molecule has 76 valence electrons. The number of rotatable bonds is 1. The van der Waals surface area contributed by atoms with Crippen molar-refractivity contribution in [3.8, 4) is 0 Å². The van der Waals surface area contributed by atoms with Crippen LogP contribution in [0.5, 0.6) is 0 Å². The molecule has 0 unspecified atom stereocenters. The van der Waals surface area contributed by atoms with Crippen molar-refractivity contribution >= 4 is 11.6 Å². The van der Waals surface area contributed by atoms with Gasteiger partial charge in [0, 0.05) is 46.3 Å². The van der Waals surface area contributed by atoms with Crippen LogP contribution in [0, 0.1) is 0 Å². The van der Waals surface area contributed by atoms with Crippen LogP contribution in [0.15, 0.2) is 29.5 Å². The van der Waals surface area contributed by atoms with Crippen LogP contribution in [0.3, 0.4) is 0 Å². The van der Waals surface area contributed by atoms with E-state index in [-0.39, 0.29) is 0 Å². The van der Waals surface area contributed by atoms with E-state index in [2.05, 4.69) is 9.98 Å². The van der Waals surface area contributed by atoms with Crippen LogP contribution in [0.1, 0.15) is 0 Å². The Hall–Kier alpha value is -1.58. The minimum atomic E-state index is 0.913. The third-order valence-electron chi connectivity index (χ3n) is 1.95. The van der Waals surface area contributed by atoms with Crippen LogP contribution in [0.2, 0.25) is 0 Å². The maximum Gasteiger partial charge on any atom is 0.200 e. The van der Waals surface area contributed by atoms with Gasteiger partial charge in [-0.2, -0.15) is 0 Å². The molecule has 1 aromatic heterocycles.